The summed E-state index contributed by atoms with van der Waals surface area (Å²) in [6.45, 7) is 3.78. The summed E-state index contributed by atoms with van der Waals surface area (Å²) >= 11 is 1.12. The largest absolute Gasteiger partial charge is 0.497 e. The van der Waals surface area contributed by atoms with Gasteiger partial charge in [-0.15, -0.1) is 11.3 Å². The lowest BCUT2D eigenvalue weighted by Crippen LogP contribution is -2.26. The Hall–Kier alpha value is -4.18. The molecule has 34 heavy (non-hydrogen) atoms. The van der Waals surface area contributed by atoms with Crippen LogP contribution < -0.4 is 20.9 Å². The molecule has 0 aliphatic heterocycles. The Morgan fingerprint density at radius 1 is 1.06 bits per heavy atom. The van der Waals surface area contributed by atoms with Crippen LogP contribution in [0, 0.1) is 6.92 Å². The predicted molar refractivity (Wildman–Crippen MR) is 132 cm³/mol. The van der Waals surface area contributed by atoms with Gasteiger partial charge < -0.3 is 14.8 Å². The van der Waals surface area contributed by atoms with Gasteiger partial charge in [-0.05, 0) is 50.2 Å². The first-order chi connectivity index (χ1) is 16.4. The van der Waals surface area contributed by atoms with Gasteiger partial charge in [-0.2, -0.15) is 9.78 Å². The van der Waals surface area contributed by atoms with Crippen molar-refractivity contribution in [1.82, 2.24) is 9.78 Å². The minimum absolute atomic E-state index is 0.0180. The van der Waals surface area contributed by atoms with Gasteiger partial charge in [0.25, 0.3) is 5.56 Å². The van der Waals surface area contributed by atoms with E-state index in [0.29, 0.717) is 27.5 Å². The zero-order valence-electron chi connectivity index (χ0n) is 18.7. The van der Waals surface area contributed by atoms with Gasteiger partial charge in [-0.3, -0.25) is 10.1 Å². The summed E-state index contributed by atoms with van der Waals surface area (Å²) in [7, 11) is 1.54. The molecular weight excluding hydrogens is 456 g/mol. The number of anilines is 2. The van der Waals surface area contributed by atoms with Crippen LogP contribution in [0.15, 0.2) is 58.7 Å². The first-order valence-corrected chi connectivity index (χ1v) is 11.3. The molecule has 4 rings (SSSR count). The third-order valence-electron chi connectivity index (χ3n) is 4.97. The fourth-order valence-electron chi connectivity index (χ4n) is 3.29. The Labute approximate surface area is 198 Å². The Morgan fingerprint density at radius 3 is 2.41 bits per heavy atom. The van der Waals surface area contributed by atoms with E-state index < -0.39 is 17.6 Å². The highest BCUT2D eigenvalue weighted by Crippen LogP contribution is 2.31. The van der Waals surface area contributed by atoms with Gasteiger partial charge in [-0.1, -0.05) is 17.7 Å². The third-order valence-corrected chi connectivity index (χ3v) is 5.87. The van der Waals surface area contributed by atoms with Gasteiger partial charge >= 0.3 is 12.0 Å². The lowest BCUT2D eigenvalue weighted by molar-refractivity contribution is 0.0520. The first-order valence-electron chi connectivity index (χ1n) is 10.4. The highest BCUT2D eigenvalue weighted by Gasteiger charge is 2.23. The average molecular weight is 479 g/mol. The molecule has 0 aliphatic carbocycles. The quantitative estimate of drug-likeness (QED) is 0.392. The molecule has 0 aliphatic rings. The van der Waals surface area contributed by atoms with Gasteiger partial charge in [0.2, 0.25) is 0 Å². The number of carbonyl (C=O) groups is 2. The molecule has 2 aromatic carbocycles. The van der Waals surface area contributed by atoms with Crippen LogP contribution in [-0.4, -0.2) is 35.5 Å². The molecule has 2 aromatic heterocycles. The molecule has 0 fully saturated rings. The second kappa shape index (κ2) is 9.75. The van der Waals surface area contributed by atoms with Crippen molar-refractivity contribution in [1.29, 1.82) is 0 Å². The summed E-state index contributed by atoms with van der Waals surface area (Å²) in [6.07, 6.45) is 0. The molecular formula is C24H22N4O5S. The molecule has 0 unspecified atom stereocenters. The highest BCUT2D eigenvalue weighted by atomic mass is 32.1. The van der Waals surface area contributed by atoms with E-state index in [1.165, 1.54) is 7.11 Å². The maximum atomic E-state index is 13.4. The zero-order valence-corrected chi connectivity index (χ0v) is 19.6. The number of hydrogen-bond donors (Lipinski definition) is 2. The van der Waals surface area contributed by atoms with Gasteiger partial charge in [0.15, 0.2) is 5.69 Å². The molecule has 0 saturated carbocycles. The van der Waals surface area contributed by atoms with Crippen molar-refractivity contribution in [3.63, 3.8) is 0 Å². The molecule has 0 spiro atoms. The molecule has 0 bridgehead atoms. The van der Waals surface area contributed by atoms with Gasteiger partial charge in [0.05, 0.1) is 24.8 Å². The van der Waals surface area contributed by atoms with Crippen LogP contribution in [0.2, 0.25) is 0 Å². The van der Waals surface area contributed by atoms with E-state index in [2.05, 4.69) is 15.7 Å². The number of aromatic nitrogens is 2. The molecule has 10 heteroatoms. The van der Waals surface area contributed by atoms with E-state index in [1.54, 1.807) is 48.7 Å². The standard InChI is InChI=1S/C24H22N4O5S/c1-4-33-23(30)20-18-13-34-21(26-24(31)25-15-7-5-14(2)6-8-15)19(18)22(29)28(27-20)16-9-11-17(32-3)12-10-16/h5-13H,4H2,1-3H3,(H2,25,26,31). The summed E-state index contributed by atoms with van der Waals surface area (Å²) in [5, 5.41) is 12.1. The van der Waals surface area contributed by atoms with Gasteiger partial charge in [-0.25, -0.2) is 9.59 Å². The maximum absolute atomic E-state index is 13.4. The van der Waals surface area contributed by atoms with Crippen molar-refractivity contribution in [2.75, 3.05) is 24.4 Å². The van der Waals surface area contributed by atoms with Crippen LogP contribution in [0.3, 0.4) is 0 Å². The summed E-state index contributed by atoms with van der Waals surface area (Å²) in [6, 6.07) is 13.5. The fourth-order valence-corrected chi connectivity index (χ4v) is 4.22. The van der Waals surface area contributed by atoms with Crippen molar-refractivity contribution in [3.8, 4) is 11.4 Å². The second-order valence-electron chi connectivity index (χ2n) is 7.28. The molecule has 0 saturated heterocycles. The summed E-state index contributed by atoms with van der Waals surface area (Å²) < 4.78 is 11.4. The van der Waals surface area contributed by atoms with Crippen LogP contribution in [0.25, 0.3) is 16.5 Å². The van der Waals surface area contributed by atoms with E-state index in [0.717, 1.165) is 21.6 Å². The smallest absolute Gasteiger partial charge is 0.359 e. The number of carbonyl (C=O) groups excluding carboxylic acids is 2. The van der Waals surface area contributed by atoms with E-state index in [-0.39, 0.29) is 17.7 Å². The minimum atomic E-state index is -0.664. The summed E-state index contributed by atoms with van der Waals surface area (Å²) in [5.74, 6) is -0.0580. The third kappa shape index (κ3) is 4.62. The number of nitrogens with one attached hydrogen (secondary N) is 2. The maximum Gasteiger partial charge on any atom is 0.359 e. The second-order valence-corrected chi connectivity index (χ2v) is 8.16. The van der Waals surface area contributed by atoms with Crippen LogP contribution in [0.4, 0.5) is 15.5 Å². The number of thiophene rings is 1. The predicted octanol–water partition coefficient (Wildman–Crippen LogP) is 4.58. The summed E-state index contributed by atoms with van der Waals surface area (Å²) in [5.41, 5.74) is 1.59. The van der Waals surface area contributed by atoms with Crippen molar-refractivity contribution in [2.24, 2.45) is 0 Å². The fraction of sp³-hybridized carbons (Fsp3) is 0.167. The average Bonchev–Trinajstić information content (AvgIpc) is 3.25. The van der Waals surface area contributed by atoms with E-state index in [4.69, 9.17) is 9.47 Å². The van der Waals surface area contributed by atoms with Crippen molar-refractivity contribution in [3.05, 3.63) is 75.5 Å². The van der Waals surface area contributed by atoms with E-state index in [1.807, 2.05) is 19.1 Å². The number of aryl methyl sites for hydroxylation is 1. The number of fused-ring (bicyclic) bond motifs is 1. The Kier molecular flexibility index (Phi) is 6.60. The number of methoxy groups -OCH3 is 1. The van der Waals surface area contributed by atoms with Crippen LogP contribution in [0.5, 0.6) is 5.75 Å². The van der Waals surface area contributed by atoms with E-state index in [9.17, 15) is 14.4 Å². The topological polar surface area (TPSA) is 112 Å². The summed E-state index contributed by atoms with van der Waals surface area (Å²) in [4.78, 5) is 38.7. The molecule has 9 nitrogen and oxygen atoms in total. The van der Waals surface area contributed by atoms with Crippen LogP contribution in [0.1, 0.15) is 23.0 Å². The van der Waals surface area contributed by atoms with Gasteiger partial charge in [0.1, 0.15) is 10.8 Å². The normalized spacial score (nSPS) is 10.7. The molecule has 174 valence electrons. The number of urea groups is 1. The zero-order chi connectivity index (χ0) is 24.2. The number of nitrogens with zero attached hydrogens (tertiary/aromatic N) is 2. The molecule has 2 amide bonds. The minimum Gasteiger partial charge on any atom is -0.497 e. The SMILES string of the molecule is CCOC(=O)c1nn(-c2ccc(OC)cc2)c(=O)c2c(NC(=O)Nc3ccc(C)cc3)scc12. The monoisotopic (exact) mass is 478 g/mol. The number of rotatable bonds is 6. The number of hydrogen-bond acceptors (Lipinski definition) is 7. The number of esters is 1. The first kappa shape index (κ1) is 23.0. The van der Waals surface area contributed by atoms with Crippen LogP contribution >= 0.6 is 11.3 Å². The molecule has 4 aromatic rings. The van der Waals surface area contributed by atoms with Gasteiger partial charge in [0, 0.05) is 16.5 Å². The number of benzene rings is 2. The van der Waals surface area contributed by atoms with Crippen LogP contribution in [-0.2, 0) is 4.74 Å². The Bertz CT molecular complexity index is 1410. The Balaban J connectivity index is 1.78. The molecule has 0 radical (unpaired) electrons. The Morgan fingerprint density at radius 2 is 1.76 bits per heavy atom. The van der Waals surface area contributed by atoms with E-state index >= 15 is 0 Å². The number of ether oxygens (including phenoxy) is 2. The highest BCUT2D eigenvalue weighted by molar-refractivity contribution is 7.16. The lowest BCUT2D eigenvalue weighted by Gasteiger charge is -2.11. The number of amides is 2. The van der Waals surface area contributed by atoms with Crippen molar-refractivity contribution in [2.45, 2.75) is 13.8 Å². The molecule has 0 atom stereocenters. The molecule has 2 heterocycles. The lowest BCUT2D eigenvalue weighted by atomic mass is 10.2. The molecule has 2 N–H and O–H groups in total. The van der Waals surface area contributed by atoms with Crippen molar-refractivity contribution < 1.29 is 19.1 Å². The van der Waals surface area contributed by atoms with Crippen molar-refractivity contribution >= 4 is 44.8 Å².